The molecule has 3 fully saturated rings. The van der Waals surface area contributed by atoms with Gasteiger partial charge < -0.3 is 15.3 Å². The molecule has 5 heterocycles. The number of fused-ring (bicyclic) bond motifs is 1. The van der Waals surface area contributed by atoms with Crippen molar-refractivity contribution >= 4 is 23.3 Å². The highest BCUT2D eigenvalue weighted by Gasteiger charge is 2.45. The first-order valence-electron chi connectivity index (χ1n) is 12.9. The Hall–Kier alpha value is -3.92. The number of aliphatic hydroxyl groups excluding tert-OH is 1. The number of hydrogen-bond donors (Lipinski definition) is 2. The fourth-order valence-corrected chi connectivity index (χ4v) is 5.42. The molecule has 1 aliphatic heterocycles. The third-order valence-corrected chi connectivity index (χ3v) is 7.66. The van der Waals surface area contributed by atoms with Gasteiger partial charge in [-0.2, -0.15) is 0 Å². The number of hydrogen-bond acceptors (Lipinski definition) is 8. The van der Waals surface area contributed by atoms with E-state index < -0.39 is 6.10 Å². The molecule has 2 N–H and O–H groups in total. The number of carbonyl (C=O) groups excluding carboxylic acids is 1. The summed E-state index contributed by atoms with van der Waals surface area (Å²) in [6.07, 6.45) is 12.5. The molecule has 10 nitrogen and oxygen atoms in total. The van der Waals surface area contributed by atoms with Crippen molar-refractivity contribution in [2.75, 3.05) is 16.8 Å². The van der Waals surface area contributed by atoms with Crippen LogP contribution in [0.1, 0.15) is 66.1 Å². The first-order valence-corrected chi connectivity index (χ1v) is 12.9. The number of rotatable bonds is 6. The molecular weight excluding hydrogens is 468 g/mol. The predicted molar refractivity (Wildman–Crippen MR) is 136 cm³/mol. The molecule has 1 saturated heterocycles. The van der Waals surface area contributed by atoms with Crippen molar-refractivity contribution in [2.24, 2.45) is 5.92 Å². The van der Waals surface area contributed by atoms with Crippen LogP contribution in [0.3, 0.4) is 0 Å². The minimum absolute atomic E-state index is 0.0612. The maximum atomic E-state index is 12.9. The number of anilines is 2. The van der Waals surface area contributed by atoms with Crippen molar-refractivity contribution in [3.05, 3.63) is 71.8 Å². The molecule has 0 aromatic carbocycles. The van der Waals surface area contributed by atoms with Crippen LogP contribution in [-0.4, -0.2) is 53.0 Å². The number of amides is 1. The van der Waals surface area contributed by atoms with E-state index in [9.17, 15) is 9.90 Å². The summed E-state index contributed by atoms with van der Waals surface area (Å²) < 4.78 is 1.98. The number of imidazole rings is 1. The highest BCUT2D eigenvalue weighted by Crippen LogP contribution is 2.47. The quantitative estimate of drug-likeness (QED) is 0.418. The van der Waals surface area contributed by atoms with Crippen molar-refractivity contribution in [2.45, 2.75) is 56.6 Å². The Balaban J connectivity index is 1.09. The number of nitrogens with one attached hydrogen (secondary N) is 1. The molecule has 4 aromatic heterocycles. The zero-order valence-corrected chi connectivity index (χ0v) is 20.5. The van der Waals surface area contributed by atoms with Gasteiger partial charge >= 0.3 is 0 Å². The molecule has 7 rings (SSSR count). The summed E-state index contributed by atoms with van der Waals surface area (Å²) in [5, 5.41) is 13.5. The molecule has 4 atom stereocenters. The minimum atomic E-state index is -0.508. The molecular formula is C27H28N8O2. The van der Waals surface area contributed by atoms with Gasteiger partial charge in [-0.3, -0.25) is 14.2 Å². The van der Waals surface area contributed by atoms with E-state index in [4.69, 9.17) is 4.98 Å². The molecule has 4 aromatic rings. The van der Waals surface area contributed by atoms with Gasteiger partial charge in [-0.1, -0.05) is 0 Å². The van der Waals surface area contributed by atoms with Crippen LogP contribution < -0.4 is 10.2 Å². The lowest BCUT2D eigenvalue weighted by atomic mass is 10.1. The fraction of sp³-hybridized carbons (Fsp3) is 0.407. The van der Waals surface area contributed by atoms with E-state index in [0.29, 0.717) is 36.3 Å². The van der Waals surface area contributed by atoms with Gasteiger partial charge in [0, 0.05) is 61.3 Å². The lowest BCUT2D eigenvalue weighted by molar-refractivity contribution is -0.117. The molecule has 188 valence electrons. The molecule has 0 bridgehead atoms. The summed E-state index contributed by atoms with van der Waals surface area (Å²) in [5.41, 5.74) is 4.19. The standard InChI is InChI=1S/C27H28N8O2/c1-15-4-5-28-21(6-15)19-8-20(19)26(37)33-24-9-25(31-14-30-24)35-12-18(36)7-23(35)22-13-34-11-17(16-2-3-16)10-29-27(34)32-22/h4-6,9-11,13-14,16,18-20,23,36H,2-3,7-8,12H2,1H3,(H,30,31,33,37)/t18-,19-,20-,23+/m0/s1. The molecule has 3 aliphatic rings. The zero-order chi connectivity index (χ0) is 25.1. The van der Waals surface area contributed by atoms with Gasteiger partial charge in [0.15, 0.2) is 0 Å². The Kier molecular flexibility index (Phi) is 5.17. The van der Waals surface area contributed by atoms with E-state index in [-0.39, 0.29) is 23.8 Å². The van der Waals surface area contributed by atoms with Gasteiger partial charge in [0.1, 0.15) is 18.0 Å². The number of nitrogens with zero attached hydrogens (tertiary/aromatic N) is 7. The van der Waals surface area contributed by atoms with E-state index in [0.717, 1.165) is 23.4 Å². The van der Waals surface area contributed by atoms with Gasteiger partial charge in [0.25, 0.3) is 0 Å². The van der Waals surface area contributed by atoms with Crippen LogP contribution in [0.25, 0.3) is 5.78 Å². The number of aromatic nitrogens is 6. The van der Waals surface area contributed by atoms with Crippen LogP contribution in [0, 0.1) is 12.8 Å². The second-order valence-electron chi connectivity index (χ2n) is 10.5. The Morgan fingerprint density at radius 1 is 1.08 bits per heavy atom. The number of β-amino-alcohol motifs (C(OH)–C–C–N with tert-alkyl or cyclic N) is 1. The fourth-order valence-electron chi connectivity index (χ4n) is 5.42. The topological polar surface area (TPSA) is 121 Å². The van der Waals surface area contributed by atoms with Gasteiger partial charge in [0.05, 0.1) is 17.8 Å². The van der Waals surface area contributed by atoms with Crippen LogP contribution >= 0.6 is 0 Å². The summed E-state index contributed by atoms with van der Waals surface area (Å²) in [6, 6.07) is 5.62. The smallest absolute Gasteiger partial charge is 0.234 e. The minimum Gasteiger partial charge on any atom is -0.391 e. The summed E-state index contributed by atoms with van der Waals surface area (Å²) in [5.74, 6) is 2.32. The number of pyridine rings is 1. The Morgan fingerprint density at radius 2 is 1.97 bits per heavy atom. The third-order valence-electron chi connectivity index (χ3n) is 7.66. The first-order chi connectivity index (χ1) is 18.0. The summed E-state index contributed by atoms with van der Waals surface area (Å²) in [4.78, 5) is 37.4. The summed E-state index contributed by atoms with van der Waals surface area (Å²) in [7, 11) is 0. The van der Waals surface area contributed by atoms with Crippen LogP contribution in [0.5, 0.6) is 0 Å². The first kappa shape index (κ1) is 22.3. The lowest BCUT2D eigenvalue weighted by Gasteiger charge is -2.24. The van der Waals surface area contributed by atoms with Crippen molar-refractivity contribution in [3.63, 3.8) is 0 Å². The number of carbonyl (C=O) groups is 1. The van der Waals surface area contributed by atoms with Crippen molar-refractivity contribution in [3.8, 4) is 0 Å². The molecule has 0 spiro atoms. The van der Waals surface area contributed by atoms with Crippen LogP contribution in [0.4, 0.5) is 11.6 Å². The summed E-state index contributed by atoms with van der Waals surface area (Å²) >= 11 is 0. The molecule has 0 unspecified atom stereocenters. The van der Waals surface area contributed by atoms with E-state index in [1.807, 2.05) is 40.8 Å². The highest BCUT2D eigenvalue weighted by molar-refractivity contribution is 5.94. The van der Waals surface area contributed by atoms with Crippen molar-refractivity contribution < 1.29 is 9.90 Å². The number of aliphatic hydroxyl groups is 1. The van der Waals surface area contributed by atoms with E-state index in [1.54, 1.807) is 12.3 Å². The van der Waals surface area contributed by atoms with Crippen LogP contribution in [0.2, 0.25) is 0 Å². The maximum Gasteiger partial charge on any atom is 0.234 e. The van der Waals surface area contributed by atoms with Crippen LogP contribution in [0.15, 0.2) is 49.3 Å². The van der Waals surface area contributed by atoms with Gasteiger partial charge in [-0.25, -0.2) is 19.9 Å². The monoisotopic (exact) mass is 496 g/mol. The van der Waals surface area contributed by atoms with E-state index >= 15 is 0 Å². The molecule has 10 heteroatoms. The third kappa shape index (κ3) is 4.31. The largest absolute Gasteiger partial charge is 0.391 e. The second kappa shape index (κ2) is 8.58. The Morgan fingerprint density at radius 3 is 2.81 bits per heavy atom. The average molecular weight is 497 g/mol. The Labute approximate surface area is 213 Å². The lowest BCUT2D eigenvalue weighted by Crippen LogP contribution is -2.26. The molecule has 2 aliphatic carbocycles. The number of aryl methyl sites for hydroxylation is 1. The van der Waals surface area contributed by atoms with Gasteiger partial charge in [-0.15, -0.1) is 0 Å². The average Bonchev–Trinajstić information content (AvgIpc) is 3.81. The van der Waals surface area contributed by atoms with Gasteiger partial charge in [-0.05, 0) is 55.4 Å². The van der Waals surface area contributed by atoms with Crippen molar-refractivity contribution in [1.29, 1.82) is 0 Å². The van der Waals surface area contributed by atoms with E-state index in [2.05, 4.69) is 31.4 Å². The second-order valence-corrected chi connectivity index (χ2v) is 10.5. The van der Waals surface area contributed by atoms with E-state index in [1.165, 1.54) is 24.7 Å². The predicted octanol–water partition coefficient (Wildman–Crippen LogP) is 3.15. The normalized spacial score (nSPS) is 25.0. The zero-order valence-electron chi connectivity index (χ0n) is 20.5. The maximum absolute atomic E-state index is 12.9. The SMILES string of the molecule is Cc1ccnc([C@H]2C[C@@H]2C(=O)Nc2cc(N3C[C@@H](O)C[C@@H]3c3cn4cc(C5CC5)cnc4n3)ncn2)c1. The molecule has 0 radical (unpaired) electrons. The molecule has 2 saturated carbocycles. The summed E-state index contributed by atoms with van der Waals surface area (Å²) in [6.45, 7) is 2.45. The van der Waals surface area contributed by atoms with Crippen molar-refractivity contribution in [1.82, 2.24) is 29.3 Å². The molecule has 1 amide bonds. The highest BCUT2D eigenvalue weighted by atomic mass is 16.3. The Bertz CT molecular complexity index is 1500. The molecule has 37 heavy (non-hydrogen) atoms. The van der Waals surface area contributed by atoms with Crippen LogP contribution in [-0.2, 0) is 4.79 Å². The van der Waals surface area contributed by atoms with Gasteiger partial charge in [0.2, 0.25) is 11.7 Å².